The first-order chi connectivity index (χ1) is 20.9. The topological polar surface area (TPSA) is 4.93 Å². The molecule has 0 aliphatic heterocycles. The highest BCUT2D eigenvalue weighted by molar-refractivity contribution is 6.10. The number of fused-ring (bicyclic) bond motifs is 6. The summed E-state index contributed by atoms with van der Waals surface area (Å²) in [4.78, 5) is 0. The van der Waals surface area contributed by atoms with Crippen LogP contribution in [-0.2, 0) is 16.2 Å². The minimum Gasteiger partial charge on any atom is -0.309 e. The zero-order chi connectivity index (χ0) is 31.4. The van der Waals surface area contributed by atoms with Gasteiger partial charge in [-0.3, -0.25) is 0 Å². The first kappa shape index (κ1) is 30.3. The molecule has 1 nitrogen and oxygen atoms in total. The maximum Gasteiger partial charge on any atom is 0.0541 e. The molecule has 1 aliphatic rings. The van der Waals surface area contributed by atoms with Crippen LogP contribution in [0.1, 0.15) is 122 Å². The summed E-state index contributed by atoms with van der Waals surface area (Å²) < 4.78 is 2.52. The van der Waals surface area contributed by atoms with Gasteiger partial charge in [0.1, 0.15) is 0 Å². The van der Waals surface area contributed by atoms with Gasteiger partial charge in [0.2, 0.25) is 0 Å². The molecule has 0 saturated carbocycles. The SMILES string of the molecule is C#Cc1ccc2c(c1)C(CCCC)(CCCC)c1cc(-n3c4ccc(C(C)(C)C)cc4c4cc(C(C)(C)C)ccc43)ccc1-2. The Balaban J connectivity index is 1.65. The van der Waals surface area contributed by atoms with E-state index >= 15 is 0 Å². The van der Waals surface area contributed by atoms with Gasteiger partial charge >= 0.3 is 0 Å². The molecule has 0 unspecified atom stereocenters. The van der Waals surface area contributed by atoms with Crippen LogP contribution in [0.5, 0.6) is 0 Å². The molecule has 0 spiro atoms. The van der Waals surface area contributed by atoms with Gasteiger partial charge in [0.25, 0.3) is 0 Å². The highest BCUT2D eigenvalue weighted by Gasteiger charge is 2.42. The Kier molecular flexibility index (Phi) is 7.57. The number of hydrogen-bond donors (Lipinski definition) is 0. The minimum atomic E-state index is -0.0167. The molecule has 0 atom stereocenters. The first-order valence-electron chi connectivity index (χ1n) is 16.8. The molecule has 1 aromatic heterocycles. The third-order valence-electron chi connectivity index (χ3n) is 10.2. The molecule has 1 aliphatic carbocycles. The fraction of sp³-hybridized carbons (Fsp3) is 0.395. The molecule has 0 saturated heterocycles. The van der Waals surface area contributed by atoms with Crippen molar-refractivity contribution in [1.29, 1.82) is 0 Å². The number of unbranched alkanes of at least 4 members (excludes halogenated alkanes) is 2. The Morgan fingerprint density at radius 1 is 0.636 bits per heavy atom. The summed E-state index contributed by atoms with van der Waals surface area (Å²) in [5.74, 6) is 2.93. The summed E-state index contributed by atoms with van der Waals surface area (Å²) >= 11 is 0. The molecule has 0 N–H and O–H groups in total. The quantitative estimate of drug-likeness (QED) is 0.169. The number of terminal acetylenes is 1. The van der Waals surface area contributed by atoms with Crippen LogP contribution in [-0.4, -0.2) is 4.57 Å². The Bertz CT molecular complexity index is 1830. The van der Waals surface area contributed by atoms with Crippen molar-refractivity contribution in [3.05, 3.63) is 101 Å². The van der Waals surface area contributed by atoms with Crippen molar-refractivity contribution in [2.45, 2.75) is 110 Å². The summed E-state index contributed by atoms with van der Waals surface area (Å²) in [7, 11) is 0. The summed E-state index contributed by atoms with van der Waals surface area (Å²) in [6.07, 6.45) is 13.0. The van der Waals surface area contributed by atoms with E-state index in [-0.39, 0.29) is 16.2 Å². The molecule has 0 fully saturated rings. The van der Waals surface area contributed by atoms with Crippen LogP contribution in [0.3, 0.4) is 0 Å². The standard InChI is InChI=1S/C43H49N/c1-10-13-23-43(24-14-11-2)37-25-29(12-3)15-19-33(37)34-20-18-32(28-38(34)43)44-39-21-16-30(41(4,5)6)26-35(39)36-27-31(42(7,8)9)17-22-40(36)44/h3,15-22,25-28H,10-11,13-14,23-24H2,1-2,4-9H3. The monoisotopic (exact) mass is 579 g/mol. The van der Waals surface area contributed by atoms with Crippen LogP contribution in [0, 0.1) is 12.3 Å². The molecule has 1 heteroatoms. The van der Waals surface area contributed by atoms with Gasteiger partial charge in [-0.05, 0) is 106 Å². The van der Waals surface area contributed by atoms with Crippen molar-refractivity contribution >= 4 is 21.8 Å². The van der Waals surface area contributed by atoms with Gasteiger partial charge in [-0.15, -0.1) is 6.42 Å². The second kappa shape index (κ2) is 11.0. The van der Waals surface area contributed by atoms with Crippen LogP contribution >= 0.6 is 0 Å². The van der Waals surface area contributed by atoms with Crippen molar-refractivity contribution < 1.29 is 0 Å². The van der Waals surface area contributed by atoms with Gasteiger partial charge in [0.15, 0.2) is 0 Å². The highest BCUT2D eigenvalue weighted by Crippen LogP contribution is 2.55. The van der Waals surface area contributed by atoms with Crippen molar-refractivity contribution in [3.63, 3.8) is 0 Å². The normalized spacial score (nSPS) is 14.2. The van der Waals surface area contributed by atoms with E-state index in [1.807, 2.05) is 0 Å². The van der Waals surface area contributed by atoms with Gasteiger partial charge in [-0.2, -0.15) is 0 Å². The van der Waals surface area contributed by atoms with Crippen molar-refractivity contribution in [2.75, 3.05) is 0 Å². The first-order valence-corrected chi connectivity index (χ1v) is 16.8. The maximum absolute atomic E-state index is 5.95. The van der Waals surface area contributed by atoms with E-state index in [1.165, 1.54) is 86.6 Å². The van der Waals surface area contributed by atoms with E-state index < -0.39 is 0 Å². The molecule has 44 heavy (non-hydrogen) atoms. The molecule has 0 bridgehead atoms. The minimum absolute atomic E-state index is 0.0167. The van der Waals surface area contributed by atoms with Crippen molar-refractivity contribution in [2.24, 2.45) is 0 Å². The molecule has 5 aromatic rings. The number of rotatable bonds is 7. The Morgan fingerprint density at radius 2 is 1.14 bits per heavy atom. The lowest BCUT2D eigenvalue weighted by Gasteiger charge is -2.33. The molecule has 4 aromatic carbocycles. The van der Waals surface area contributed by atoms with Crippen LogP contribution in [0.15, 0.2) is 72.8 Å². The third kappa shape index (κ3) is 4.88. The van der Waals surface area contributed by atoms with Crippen LogP contribution in [0.2, 0.25) is 0 Å². The van der Waals surface area contributed by atoms with Crippen LogP contribution in [0.4, 0.5) is 0 Å². The largest absolute Gasteiger partial charge is 0.309 e. The van der Waals surface area contributed by atoms with Gasteiger partial charge in [-0.25, -0.2) is 0 Å². The predicted octanol–water partition coefficient (Wildman–Crippen LogP) is 12.0. The van der Waals surface area contributed by atoms with Crippen molar-refractivity contribution in [1.82, 2.24) is 4.57 Å². The Labute approximate surface area is 265 Å². The molecule has 226 valence electrons. The van der Waals surface area contributed by atoms with E-state index in [4.69, 9.17) is 6.42 Å². The smallest absolute Gasteiger partial charge is 0.0541 e. The summed E-state index contributed by atoms with van der Waals surface area (Å²) in [5.41, 5.74) is 13.3. The Morgan fingerprint density at radius 3 is 1.61 bits per heavy atom. The predicted molar refractivity (Wildman–Crippen MR) is 191 cm³/mol. The van der Waals surface area contributed by atoms with Gasteiger partial charge in [0, 0.05) is 27.4 Å². The number of aromatic nitrogens is 1. The fourth-order valence-electron chi connectivity index (χ4n) is 7.57. The Hall–Kier alpha value is -3.76. The average molecular weight is 580 g/mol. The molecular formula is C43H49N. The lowest BCUT2D eigenvalue weighted by atomic mass is 9.70. The third-order valence-corrected chi connectivity index (χ3v) is 10.2. The molecule has 1 heterocycles. The summed E-state index contributed by atoms with van der Waals surface area (Å²) in [6.45, 7) is 18.5. The highest BCUT2D eigenvalue weighted by atomic mass is 15.0. The van der Waals surface area contributed by atoms with E-state index in [2.05, 4.69) is 139 Å². The maximum atomic E-state index is 5.95. The number of hydrogen-bond acceptors (Lipinski definition) is 0. The van der Waals surface area contributed by atoms with Crippen LogP contribution < -0.4 is 0 Å². The van der Waals surface area contributed by atoms with Gasteiger partial charge < -0.3 is 4.57 Å². The number of nitrogens with zero attached hydrogens (tertiary/aromatic N) is 1. The van der Waals surface area contributed by atoms with Crippen LogP contribution in [0.25, 0.3) is 38.6 Å². The molecule has 0 amide bonds. The lowest BCUT2D eigenvalue weighted by molar-refractivity contribution is 0.414. The summed E-state index contributed by atoms with van der Waals surface area (Å²) in [6, 6.07) is 28.3. The summed E-state index contributed by atoms with van der Waals surface area (Å²) in [5, 5.41) is 2.67. The number of benzene rings is 4. The lowest BCUT2D eigenvalue weighted by Crippen LogP contribution is -2.25. The zero-order valence-electron chi connectivity index (χ0n) is 28.2. The zero-order valence-corrected chi connectivity index (χ0v) is 28.2. The second-order valence-corrected chi connectivity index (χ2v) is 15.2. The van der Waals surface area contributed by atoms with E-state index in [0.29, 0.717) is 0 Å². The molecule has 0 radical (unpaired) electrons. The van der Waals surface area contributed by atoms with E-state index in [1.54, 1.807) is 0 Å². The van der Waals surface area contributed by atoms with E-state index in [9.17, 15) is 0 Å². The molecule has 6 rings (SSSR count). The van der Waals surface area contributed by atoms with E-state index in [0.717, 1.165) is 18.4 Å². The van der Waals surface area contributed by atoms with Gasteiger partial charge in [-0.1, -0.05) is 111 Å². The fourth-order valence-corrected chi connectivity index (χ4v) is 7.57. The van der Waals surface area contributed by atoms with Gasteiger partial charge in [0.05, 0.1) is 11.0 Å². The molecular weight excluding hydrogens is 530 g/mol. The second-order valence-electron chi connectivity index (χ2n) is 15.2. The average Bonchev–Trinajstić information content (AvgIpc) is 3.46. The van der Waals surface area contributed by atoms with Crippen molar-refractivity contribution in [3.8, 4) is 29.2 Å².